The van der Waals surface area contributed by atoms with Gasteiger partial charge in [-0.3, -0.25) is 9.78 Å². The fourth-order valence-corrected chi connectivity index (χ4v) is 2.48. The van der Waals surface area contributed by atoms with Crippen LogP contribution in [-0.2, 0) is 4.79 Å². The van der Waals surface area contributed by atoms with Crippen molar-refractivity contribution in [3.05, 3.63) is 60.4 Å². The van der Waals surface area contributed by atoms with Crippen LogP contribution in [0.1, 0.15) is 5.56 Å². The Bertz CT molecular complexity index is 820. The van der Waals surface area contributed by atoms with Crippen molar-refractivity contribution in [2.75, 3.05) is 5.75 Å². The van der Waals surface area contributed by atoms with Crippen LogP contribution < -0.4 is 5.43 Å². The molecule has 0 bridgehead atoms. The van der Waals surface area contributed by atoms with Gasteiger partial charge >= 0.3 is 0 Å². The van der Waals surface area contributed by atoms with Crippen LogP contribution in [0.3, 0.4) is 0 Å². The molecule has 2 aromatic heterocycles. The summed E-state index contributed by atoms with van der Waals surface area (Å²) >= 11 is 1.23. The number of rotatable bonds is 6. The van der Waals surface area contributed by atoms with E-state index >= 15 is 0 Å². The van der Waals surface area contributed by atoms with Crippen molar-refractivity contribution in [2.24, 2.45) is 5.10 Å². The molecule has 0 unspecified atom stereocenters. The van der Waals surface area contributed by atoms with E-state index in [0.717, 1.165) is 11.3 Å². The number of hydrogen-bond donors (Lipinski definition) is 1. The van der Waals surface area contributed by atoms with Gasteiger partial charge in [0.05, 0.1) is 17.7 Å². The monoisotopic (exact) mass is 339 g/mol. The SMILES string of the molecule is O=C(CSc1nnnn1-c1ccccc1)N/N=C\c1cccnc1. The van der Waals surface area contributed by atoms with Crippen LogP contribution in [-0.4, -0.2) is 43.1 Å². The van der Waals surface area contributed by atoms with E-state index in [1.165, 1.54) is 18.0 Å². The zero-order valence-corrected chi connectivity index (χ0v) is 13.3. The molecule has 0 aliphatic heterocycles. The van der Waals surface area contributed by atoms with Crippen LogP contribution in [0.15, 0.2) is 65.1 Å². The van der Waals surface area contributed by atoms with Gasteiger partial charge in [-0.2, -0.15) is 9.78 Å². The molecule has 8 nitrogen and oxygen atoms in total. The lowest BCUT2D eigenvalue weighted by Crippen LogP contribution is -2.20. The van der Waals surface area contributed by atoms with E-state index in [2.05, 4.69) is 31.0 Å². The number of nitrogens with one attached hydrogen (secondary N) is 1. The Labute approximate surface area is 142 Å². The predicted octanol–water partition coefficient (Wildman–Crippen LogP) is 1.30. The van der Waals surface area contributed by atoms with E-state index in [1.54, 1.807) is 23.1 Å². The summed E-state index contributed by atoms with van der Waals surface area (Å²) in [5.41, 5.74) is 4.09. The highest BCUT2D eigenvalue weighted by molar-refractivity contribution is 7.99. The standard InChI is InChI=1S/C15H13N7OS/c23-14(18-17-10-12-5-4-8-16-9-12)11-24-15-19-20-21-22(15)13-6-2-1-3-7-13/h1-10H,11H2,(H,18,23)/b17-10-. The third-order valence-corrected chi connectivity index (χ3v) is 3.78. The lowest BCUT2D eigenvalue weighted by molar-refractivity contribution is -0.118. The minimum absolute atomic E-state index is 0.150. The molecule has 3 aromatic rings. The van der Waals surface area contributed by atoms with Crippen molar-refractivity contribution >= 4 is 23.9 Å². The normalized spacial score (nSPS) is 10.8. The van der Waals surface area contributed by atoms with Crippen molar-refractivity contribution in [1.82, 2.24) is 30.6 Å². The molecule has 0 aliphatic rings. The van der Waals surface area contributed by atoms with Crippen LogP contribution in [0.2, 0.25) is 0 Å². The van der Waals surface area contributed by atoms with Crippen molar-refractivity contribution in [3.63, 3.8) is 0 Å². The molecule has 0 saturated heterocycles. The maximum absolute atomic E-state index is 11.8. The first-order valence-corrected chi connectivity index (χ1v) is 8.00. The van der Waals surface area contributed by atoms with Crippen molar-refractivity contribution < 1.29 is 4.79 Å². The molecule has 0 saturated carbocycles. The second-order valence-corrected chi connectivity index (χ2v) is 5.52. The number of carbonyl (C=O) groups is 1. The number of nitrogens with zero attached hydrogens (tertiary/aromatic N) is 6. The van der Waals surface area contributed by atoms with Gasteiger partial charge in [0.1, 0.15) is 0 Å². The Morgan fingerprint density at radius 1 is 1.25 bits per heavy atom. The minimum atomic E-state index is -0.247. The summed E-state index contributed by atoms with van der Waals surface area (Å²) in [6.45, 7) is 0. The fourth-order valence-electron chi connectivity index (χ4n) is 1.79. The second-order valence-electron chi connectivity index (χ2n) is 4.58. The molecular formula is C15H13N7OS. The molecule has 1 amide bonds. The molecule has 120 valence electrons. The number of pyridine rings is 1. The van der Waals surface area contributed by atoms with Gasteiger partial charge < -0.3 is 0 Å². The number of para-hydroxylation sites is 1. The maximum atomic E-state index is 11.8. The number of thioether (sulfide) groups is 1. The summed E-state index contributed by atoms with van der Waals surface area (Å²) in [7, 11) is 0. The topological polar surface area (TPSA) is 98.0 Å². The first-order valence-electron chi connectivity index (χ1n) is 7.01. The Balaban J connectivity index is 1.54. The lowest BCUT2D eigenvalue weighted by atomic mass is 10.3. The van der Waals surface area contributed by atoms with Gasteiger partial charge in [0.15, 0.2) is 0 Å². The van der Waals surface area contributed by atoms with Gasteiger partial charge in [0.2, 0.25) is 5.16 Å². The third kappa shape index (κ3) is 4.23. The van der Waals surface area contributed by atoms with Crippen LogP contribution in [0.25, 0.3) is 5.69 Å². The molecule has 0 fully saturated rings. The highest BCUT2D eigenvalue weighted by atomic mass is 32.2. The van der Waals surface area contributed by atoms with Crippen molar-refractivity contribution in [1.29, 1.82) is 0 Å². The van der Waals surface area contributed by atoms with Gasteiger partial charge in [0, 0.05) is 18.0 Å². The van der Waals surface area contributed by atoms with E-state index in [-0.39, 0.29) is 11.7 Å². The van der Waals surface area contributed by atoms with Gasteiger partial charge in [-0.1, -0.05) is 36.0 Å². The number of carbonyl (C=O) groups excluding carboxylic acids is 1. The van der Waals surface area contributed by atoms with Crippen LogP contribution in [0.5, 0.6) is 0 Å². The fraction of sp³-hybridized carbons (Fsp3) is 0.0667. The lowest BCUT2D eigenvalue weighted by Gasteiger charge is -2.03. The third-order valence-electron chi connectivity index (χ3n) is 2.86. The highest BCUT2D eigenvalue weighted by Gasteiger charge is 2.10. The maximum Gasteiger partial charge on any atom is 0.250 e. The Morgan fingerprint density at radius 2 is 2.12 bits per heavy atom. The van der Waals surface area contributed by atoms with Gasteiger partial charge in [-0.25, -0.2) is 5.43 Å². The number of amides is 1. The molecule has 0 spiro atoms. The minimum Gasteiger partial charge on any atom is -0.272 e. The Morgan fingerprint density at radius 3 is 2.92 bits per heavy atom. The summed E-state index contributed by atoms with van der Waals surface area (Å²) in [6, 6.07) is 13.1. The zero-order chi connectivity index (χ0) is 16.6. The van der Waals surface area contributed by atoms with Crippen LogP contribution >= 0.6 is 11.8 Å². The van der Waals surface area contributed by atoms with Crippen molar-refractivity contribution in [2.45, 2.75) is 5.16 Å². The van der Waals surface area contributed by atoms with Gasteiger partial charge in [-0.05, 0) is 28.6 Å². The molecular weight excluding hydrogens is 326 g/mol. The smallest absolute Gasteiger partial charge is 0.250 e. The van der Waals surface area contributed by atoms with Crippen LogP contribution in [0, 0.1) is 0 Å². The molecule has 2 heterocycles. The molecule has 3 rings (SSSR count). The predicted molar refractivity (Wildman–Crippen MR) is 89.9 cm³/mol. The number of hydrazone groups is 1. The van der Waals surface area contributed by atoms with E-state index in [4.69, 9.17) is 0 Å². The van der Waals surface area contributed by atoms with Gasteiger partial charge in [0.25, 0.3) is 5.91 Å². The molecule has 9 heteroatoms. The largest absolute Gasteiger partial charge is 0.272 e. The summed E-state index contributed by atoms with van der Waals surface area (Å²) in [6.07, 6.45) is 4.85. The molecule has 24 heavy (non-hydrogen) atoms. The molecule has 0 aliphatic carbocycles. The van der Waals surface area contributed by atoms with Gasteiger partial charge in [-0.15, -0.1) is 5.10 Å². The number of hydrogen-bond acceptors (Lipinski definition) is 7. The molecule has 0 atom stereocenters. The van der Waals surface area contributed by atoms with Crippen molar-refractivity contribution in [3.8, 4) is 5.69 Å². The van der Waals surface area contributed by atoms with Crippen LogP contribution in [0.4, 0.5) is 0 Å². The van der Waals surface area contributed by atoms with E-state index < -0.39 is 0 Å². The molecule has 1 N–H and O–H groups in total. The summed E-state index contributed by atoms with van der Waals surface area (Å²) in [5, 5.41) is 15.9. The Hall–Kier alpha value is -3.07. The molecule has 1 aromatic carbocycles. The summed E-state index contributed by atoms with van der Waals surface area (Å²) in [5.74, 6) is -0.0971. The Kier molecular flexibility index (Phi) is 5.25. The number of benzene rings is 1. The highest BCUT2D eigenvalue weighted by Crippen LogP contribution is 2.17. The first-order chi connectivity index (χ1) is 11.8. The summed E-state index contributed by atoms with van der Waals surface area (Å²) < 4.78 is 1.58. The molecule has 0 radical (unpaired) electrons. The zero-order valence-electron chi connectivity index (χ0n) is 12.5. The van der Waals surface area contributed by atoms with E-state index in [9.17, 15) is 4.79 Å². The average Bonchev–Trinajstić information content (AvgIpc) is 3.10. The number of aromatic nitrogens is 5. The first kappa shape index (κ1) is 15.8. The number of tetrazole rings is 1. The summed E-state index contributed by atoms with van der Waals surface area (Å²) in [4.78, 5) is 15.8. The van der Waals surface area contributed by atoms with E-state index in [1.807, 2.05) is 36.4 Å². The van der Waals surface area contributed by atoms with E-state index in [0.29, 0.717) is 5.16 Å². The average molecular weight is 339 g/mol. The quantitative estimate of drug-likeness (QED) is 0.413. The second kappa shape index (κ2) is 7.97.